The second-order valence-electron chi connectivity index (χ2n) is 3.43. The molecule has 0 aromatic carbocycles. The van der Waals surface area contributed by atoms with Crippen molar-refractivity contribution < 1.29 is 4.79 Å². The molecular formula is C11H17N3O. The molecule has 1 aromatic rings. The van der Waals surface area contributed by atoms with Crippen molar-refractivity contribution in [3.05, 3.63) is 24.0 Å². The Hall–Kier alpha value is -1.58. The summed E-state index contributed by atoms with van der Waals surface area (Å²) in [5.41, 5.74) is 0.933. The van der Waals surface area contributed by atoms with E-state index >= 15 is 0 Å². The van der Waals surface area contributed by atoms with Gasteiger partial charge >= 0.3 is 0 Å². The minimum Gasteiger partial charge on any atom is -0.353 e. The van der Waals surface area contributed by atoms with E-state index in [2.05, 4.69) is 17.3 Å². The van der Waals surface area contributed by atoms with Crippen LogP contribution in [0, 0.1) is 0 Å². The molecule has 1 aromatic heterocycles. The lowest BCUT2D eigenvalue weighted by Gasteiger charge is -1.98. The third-order valence-electron chi connectivity index (χ3n) is 1.98. The summed E-state index contributed by atoms with van der Waals surface area (Å²) in [5.74, 6) is -0.0488. The van der Waals surface area contributed by atoms with Crippen LogP contribution in [0.25, 0.3) is 6.08 Å². The molecule has 82 valence electrons. The van der Waals surface area contributed by atoms with E-state index in [1.165, 1.54) is 6.08 Å². The summed E-state index contributed by atoms with van der Waals surface area (Å²) in [4.78, 5) is 11.3. The van der Waals surface area contributed by atoms with Gasteiger partial charge in [-0.1, -0.05) is 13.3 Å². The molecular weight excluding hydrogens is 190 g/mol. The highest BCUT2D eigenvalue weighted by Gasteiger charge is 1.94. The lowest BCUT2D eigenvalue weighted by Crippen LogP contribution is -2.21. The largest absolute Gasteiger partial charge is 0.353 e. The van der Waals surface area contributed by atoms with Gasteiger partial charge in [-0.2, -0.15) is 5.10 Å². The number of rotatable bonds is 5. The van der Waals surface area contributed by atoms with Crippen molar-refractivity contribution in [2.75, 3.05) is 6.54 Å². The molecule has 1 rings (SSSR count). The van der Waals surface area contributed by atoms with Gasteiger partial charge in [0.1, 0.15) is 0 Å². The van der Waals surface area contributed by atoms with E-state index in [4.69, 9.17) is 0 Å². The van der Waals surface area contributed by atoms with E-state index in [1.54, 1.807) is 17.0 Å². The smallest absolute Gasteiger partial charge is 0.244 e. The number of hydrogen-bond donors (Lipinski definition) is 1. The Balaban J connectivity index is 2.34. The highest BCUT2D eigenvalue weighted by molar-refractivity contribution is 5.91. The number of unbranched alkanes of at least 4 members (excludes halogenated alkanes) is 1. The zero-order valence-electron chi connectivity index (χ0n) is 9.23. The van der Waals surface area contributed by atoms with Crippen molar-refractivity contribution in [1.82, 2.24) is 15.1 Å². The molecule has 0 radical (unpaired) electrons. The van der Waals surface area contributed by atoms with Gasteiger partial charge in [0, 0.05) is 31.4 Å². The van der Waals surface area contributed by atoms with Crippen molar-refractivity contribution in [3.63, 3.8) is 0 Å². The number of aromatic nitrogens is 2. The average Bonchev–Trinajstić information content (AvgIpc) is 2.62. The van der Waals surface area contributed by atoms with Crippen LogP contribution in [0.1, 0.15) is 25.3 Å². The maximum absolute atomic E-state index is 11.3. The Kier molecular flexibility index (Phi) is 4.60. The van der Waals surface area contributed by atoms with Gasteiger partial charge in [0.15, 0.2) is 0 Å². The summed E-state index contributed by atoms with van der Waals surface area (Å²) < 4.78 is 1.70. The van der Waals surface area contributed by atoms with E-state index in [1.807, 2.05) is 13.2 Å². The number of carbonyl (C=O) groups excluding carboxylic acids is 1. The summed E-state index contributed by atoms with van der Waals surface area (Å²) in [6, 6.07) is 0. The predicted octanol–water partition coefficient (Wildman–Crippen LogP) is 1.35. The normalized spacial score (nSPS) is 10.8. The number of hydrogen-bond acceptors (Lipinski definition) is 2. The van der Waals surface area contributed by atoms with Gasteiger partial charge < -0.3 is 5.32 Å². The Labute approximate surface area is 90.0 Å². The van der Waals surface area contributed by atoms with Crippen LogP contribution in [0.5, 0.6) is 0 Å². The highest BCUT2D eigenvalue weighted by atomic mass is 16.1. The van der Waals surface area contributed by atoms with Crippen LogP contribution in [0.4, 0.5) is 0 Å². The van der Waals surface area contributed by atoms with Gasteiger partial charge in [-0.3, -0.25) is 9.48 Å². The zero-order valence-corrected chi connectivity index (χ0v) is 9.23. The fraction of sp³-hybridized carbons (Fsp3) is 0.455. The lowest BCUT2D eigenvalue weighted by atomic mass is 10.3. The molecule has 0 saturated carbocycles. The third-order valence-corrected chi connectivity index (χ3v) is 1.98. The second-order valence-corrected chi connectivity index (χ2v) is 3.43. The van der Waals surface area contributed by atoms with Crippen molar-refractivity contribution in [3.8, 4) is 0 Å². The Morgan fingerprint density at radius 3 is 3.07 bits per heavy atom. The number of nitrogens with one attached hydrogen (secondary N) is 1. The molecule has 0 bridgehead atoms. The molecule has 15 heavy (non-hydrogen) atoms. The van der Waals surface area contributed by atoms with Crippen LogP contribution in [0.15, 0.2) is 18.5 Å². The van der Waals surface area contributed by atoms with Gasteiger partial charge in [0.25, 0.3) is 0 Å². The molecule has 0 unspecified atom stereocenters. The lowest BCUT2D eigenvalue weighted by molar-refractivity contribution is -0.116. The quantitative estimate of drug-likeness (QED) is 0.585. The Bertz CT molecular complexity index is 341. The maximum Gasteiger partial charge on any atom is 0.244 e. The topological polar surface area (TPSA) is 46.9 Å². The van der Waals surface area contributed by atoms with E-state index in [0.29, 0.717) is 0 Å². The molecule has 4 nitrogen and oxygen atoms in total. The fourth-order valence-corrected chi connectivity index (χ4v) is 1.15. The zero-order chi connectivity index (χ0) is 11.1. The summed E-state index contributed by atoms with van der Waals surface area (Å²) >= 11 is 0. The van der Waals surface area contributed by atoms with Gasteiger partial charge in [-0.15, -0.1) is 0 Å². The first-order chi connectivity index (χ1) is 7.22. The van der Waals surface area contributed by atoms with Gasteiger partial charge in [0.2, 0.25) is 5.91 Å². The second kappa shape index (κ2) is 6.01. The molecule has 0 spiro atoms. The van der Waals surface area contributed by atoms with Crippen LogP contribution in [-0.4, -0.2) is 22.2 Å². The molecule has 1 amide bonds. The van der Waals surface area contributed by atoms with E-state index in [0.717, 1.165) is 24.9 Å². The minimum atomic E-state index is -0.0488. The SMILES string of the molecule is CCCCNC(=O)/C=C/c1cnn(C)c1. The fourth-order valence-electron chi connectivity index (χ4n) is 1.15. The molecule has 0 atom stereocenters. The highest BCUT2D eigenvalue weighted by Crippen LogP contribution is 1.98. The van der Waals surface area contributed by atoms with Gasteiger partial charge in [-0.25, -0.2) is 0 Å². The monoisotopic (exact) mass is 207 g/mol. The molecule has 0 aliphatic carbocycles. The number of carbonyl (C=O) groups is 1. The van der Waals surface area contributed by atoms with Crippen LogP contribution in [0.3, 0.4) is 0 Å². The number of aryl methyl sites for hydroxylation is 1. The van der Waals surface area contributed by atoms with Crippen LogP contribution < -0.4 is 5.32 Å². The Morgan fingerprint density at radius 1 is 1.67 bits per heavy atom. The first kappa shape index (κ1) is 11.5. The molecule has 0 saturated heterocycles. The van der Waals surface area contributed by atoms with Gasteiger partial charge in [-0.05, 0) is 12.5 Å². The van der Waals surface area contributed by atoms with E-state index in [-0.39, 0.29) is 5.91 Å². The van der Waals surface area contributed by atoms with E-state index < -0.39 is 0 Å². The van der Waals surface area contributed by atoms with Crippen LogP contribution >= 0.6 is 0 Å². The predicted molar refractivity (Wildman–Crippen MR) is 60.2 cm³/mol. The van der Waals surface area contributed by atoms with Crippen LogP contribution in [0.2, 0.25) is 0 Å². The van der Waals surface area contributed by atoms with Crippen molar-refractivity contribution in [1.29, 1.82) is 0 Å². The van der Waals surface area contributed by atoms with Crippen molar-refractivity contribution in [2.24, 2.45) is 7.05 Å². The molecule has 1 N–H and O–H groups in total. The molecule has 0 aliphatic rings. The third kappa shape index (κ3) is 4.44. The standard InChI is InChI=1S/C11H17N3O/c1-3-4-7-12-11(15)6-5-10-8-13-14(2)9-10/h5-6,8-9H,3-4,7H2,1-2H3,(H,12,15)/b6-5+. The summed E-state index contributed by atoms with van der Waals surface area (Å²) in [6.07, 6.45) is 8.98. The molecule has 0 fully saturated rings. The summed E-state index contributed by atoms with van der Waals surface area (Å²) in [6.45, 7) is 2.84. The Morgan fingerprint density at radius 2 is 2.47 bits per heavy atom. The summed E-state index contributed by atoms with van der Waals surface area (Å²) in [5, 5.41) is 6.81. The minimum absolute atomic E-state index is 0.0488. The van der Waals surface area contributed by atoms with E-state index in [9.17, 15) is 4.79 Å². The maximum atomic E-state index is 11.3. The van der Waals surface area contributed by atoms with Gasteiger partial charge in [0.05, 0.1) is 6.20 Å². The first-order valence-electron chi connectivity index (χ1n) is 5.17. The van der Waals surface area contributed by atoms with Crippen LogP contribution in [-0.2, 0) is 11.8 Å². The number of amides is 1. The number of nitrogens with zero attached hydrogens (tertiary/aromatic N) is 2. The molecule has 0 aliphatic heterocycles. The first-order valence-corrected chi connectivity index (χ1v) is 5.17. The van der Waals surface area contributed by atoms with Crippen molar-refractivity contribution in [2.45, 2.75) is 19.8 Å². The molecule has 1 heterocycles. The average molecular weight is 207 g/mol. The molecule has 4 heteroatoms. The van der Waals surface area contributed by atoms with Crippen molar-refractivity contribution >= 4 is 12.0 Å². The summed E-state index contributed by atoms with van der Waals surface area (Å²) in [7, 11) is 1.85.